The Morgan fingerprint density at radius 2 is 2.07 bits per heavy atom. The molecule has 3 heterocycles. The maximum absolute atomic E-state index is 15.0. The number of nitriles is 2. The summed E-state index contributed by atoms with van der Waals surface area (Å²) in [5.41, 5.74) is -0.145. The van der Waals surface area contributed by atoms with Crippen molar-refractivity contribution >= 4 is 34.7 Å². The number of nitrogens with one attached hydrogen (secondary N) is 3. The highest BCUT2D eigenvalue weighted by molar-refractivity contribution is 6.34. The van der Waals surface area contributed by atoms with Crippen LogP contribution in [0.2, 0.25) is 5.02 Å². The Morgan fingerprint density at radius 3 is 2.70 bits per heavy atom. The van der Waals surface area contributed by atoms with E-state index in [2.05, 4.69) is 31.0 Å². The molecule has 0 atom stereocenters. The predicted octanol–water partition coefficient (Wildman–Crippen LogP) is 2.61. The molecule has 3 aromatic rings. The van der Waals surface area contributed by atoms with Gasteiger partial charge in [-0.3, -0.25) is 0 Å². The van der Waals surface area contributed by atoms with E-state index in [0.29, 0.717) is 23.2 Å². The van der Waals surface area contributed by atoms with Crippen molar-refractivity contribution in [1.82, 2.24) is 24.9 Å². The molecule has 11 heteroatoms. The normalized spacial score (nSPS) is 17.1. The van der Waals surface area contributed by atoms with Gasteiger partial charge in [0.15, 0.2) is 22.8 Å². The van der Waals surface area contributed by atoms with Crippen LogP contribution in [-0.2, 0) is 5.67 Å². The number of alkyl halides is 1. The highest BCUT2D eigenvalue weighted by Crippen LogP contribution is 2.40. The maximum atomic E-state index is 15.0. The van der Waals surface area contributed by atoms with Crippen molar-refractivity contribution in [3.05, 3.63) is 40.2 Å². The van der Waals surface area contributed by atoms with Gasteiger partial charge < -0.3 is 16.0 Å². The first-order chi connectivity index (χ1) is 14.5. The largest absolute Gasteiger partial charge is 0.364 e. The van der Waals surface area contributed by atoms with Crippen LogP contribution in [-0.4, -0.2) is 38.7 Å². The van der Waals surface area contributed by atoms with Crippen molar-refractivity contribution in [1.29, 1.82) is 10.5 Å². The Morgan fingerprint density at radius 1 is 1.27 bits per heavy atom. The fourth-order valence-corrected chi connectivity index (χ4v) is 3.62. The van der Waals surface area contributed by atoms with Gasteiger partial charge in [-0.2, -0.15) is 20.0 Å². The Kier molecular flexibility index (Phi) is 4.21. The molecule has 0 amide bonds. The number of fused-ring (bicyclic) bond motifs is 1. The second kappa shape index (κ2) is 6.80. The lowest BCUT2D eigenvalue weighted by Crippen LogP contribution is -2.53. The van der Waals surface area contributed by atoms with Crippen molar-refractivity contribution in [2.75, 3.05) is 23.7 Å². The minimum absolute atomic E-state index is 0.125. The van der Waals surface area contributed by atoms with Crippen LogP contribution in [0.3, 0.4) is 0 Å². The van der Waals surface area contributed by atoms with Crippen LogP contribution in [0.15, 0.2) is 18.3 Å². The van der Waals surface area contributed by atoms with Crippen molar-refractivity contribution < 1.29 is 4.39 Å². The molecule has 3 N–H and O–H groups in total. The Balaban J connectivity index is 1.59. The van der Waals surface area contributed by atoms with Crippen LogP contribution < -0.4 is 16.0 Å². The number of imidazole rings is 1. The molecule has 9 nitrogen and oxygen atoms in total. The first-order valence-corrected chi connectivity index (χ1v) is 9.72. The third-order valence-electron chi connectivity index (χ3n) is 5.14. The molecule has 2 aliphatic rings. The van der Waals surface area contributed by atoms with Crippen LogP contribution in [0, 0.1) is 22.7 Å². The van der Waals surface area contributed by atoms with Gasteiger partial charge in [0.1, 0.15) is 6.07 Å². The van der Waals surface area contributed by atoms with E-state index >= 15 is 4.39 Å². The third-order valence-corrected chi connectivity index (χ3v) is 5.54. The van der Waals surface area contributed by atoms with Crippen LogP contribution >= 0.6 is 11.6 Å². The number of benzene rings is 1. The fourth-order valence-electron chi connectivity index (χ4n) is 3.29. The number of hydrogen-bond donors (Lipinski definition) is 3. The lowest BCUT2D eigenvalue weighted by molar-refractivity contribution is 0.0893. The number of rotatable bonds is 5. The number of nitrogens with zero attached hydrogens (tertiary/aromatic N) is 6. The van der Waals surface area contributed by atoms with Crippen LogP contribution in [0.4, 0.5) is 21.8 Å². The highest BCUT2D eigenvalue weighted by atomic mass is 35.5. The van der Waals surface area contributed by atoms with E-state index in [0.717, 1.165) is 12.8 Å². The van der Waals surface area contributed by atoms with Crippen molar-refractivity contribution in [3.8, 4) is 12.1 Å². The highest BCUT2D eigenvalue weighted by Gasteiger charge is 2.41. The van der Waals surface area contributed by atoms with E-state index in [4.69, 9.17) is 11.6 Å². The molecule has 5 rings (SSSR count). The van der Waals surface area contributed by atoms with E-state index in [9.17, 15) is 10.5 Å². The van der Waals surface area contributed by atoms with Gasteiger partial charge in [0.25, 0.3) is 0 Å². The van der Waals surface area contributed by atoms with Gasteiger partial charge in [-0.15, -0.1) is 5.10 Å². The molecular weight excluding hydrogens is 409 g/mol. The number of aromatic nitrogens is 4. The number of halogens is 2. The van der Waals surface area contributed by atoms with Crippen molar-refractivity contribution in [2.24, 2.45) is 0 Å². The predicted molar refractivity (Wildman–Crippen MR) is 107 cm³/mol. The first-order valence-electron chi connectivity index (χ1n) is 9.34. The monoisotopic (exact) mass is 423 g/mol. The summed E-state index contributed by atoms with van der Waals surface area (Å²) in [6, 6.07) is 7.35. The molecule has 0 unspecified atom stereocenters. The lowest BCUT2D eigenvalue weighted by atomic mass is 9.88. The fraction of sp³-hybridized carbons (Fsp3) is 0.316. The molecule has 0 bridgehead atoms. The van der Waals surface area contributed by atoms with Crippen LogP contribution in [0.1, 0.15) is 29.7 Å². The van der Waals surface area contributed by atoms with Gasteiger partial charge in [0.2, 0.25) is 5.95 Å². The van der Waals surface area contributed by atoms with Gasteiger partial charge in [-0.1, -0.05) is 11.6 Å². The summed E-state index contributed by atoms with van der Waals surface area (Å²) in [7, 11) is 0. The SMILES string of the molecule is N#Cc1cc(Nc2nc(NC3CC3)c3ncc(C#N)n3n2)c(Cl)c(C2(F)CNC2)c1. The Labute approximate surface area is 175 Å². The van der Waals surface area contributed by atoms with Crippen LogP contribution in [0.5, 0.6) is 0 Å². The molecule has 2 aromatic heterocycles. The second-order valence-corrected chi connectivity index (χ2v) is 7.76. The average molecular weight is 424 g/mol. The molecule has 30 heavy (non-hydrogen) atoms. The number of hydrogen-bond acceptors (Lipinski definition) is 8. The Hall–Kier alpha value is -3.47. The summed E-state index contributed by atoms with van der Waals surface area (Å²) in [5, 5.41) is 32.4. The zero-order chi connectivity index (χ0) is 20.9. The topological polar surface area (TPSA) is 127 Å². The standard InChI is InChI=1S/C19H15ClFN9/c20-15-13(19(21)8-24-9-19)3-10(5-22)4-14(15)27-18-28-16(26-11-1-2-11)17-25-7-12(6-23)30(17)29-18/h3-4,7,11,24H,1-2,8-9H2,(H2,26,27,28,29). The minimum Gasteiger partial charge on any atom is -0.364 e. The van der Waals surface area contributed by atoms with E-state index < -0.39 is 5.67 Å². The summed E-state index contributed by atoms with van der Waals surface area (Å²) in [6.45, 7) is 0.249. The second-order valence-electron chi connectivity index (χ2n) is 7.38. The quantitative estimate of drug-likeness (QED) is 0.571. The zero-order valence-electron chi connectivity index (χ0n) is 15.6. The lowest BCUT2D eigenvalue weighted by Gasteiger charge is -2.36. The summed E-state index contributed by atoms with van der Waals surface area (Å²) >= 11 is 6.49. The van der Waals surface area contributed by atoms with Gasteiger partial charge >= 0.3 is 0 Å². The summed E-state index contributed by atoms with van der Waals surface area (Å²) in [6.07, 6.45) is 3.47. The summed E-state index contributed by atoms with van der Waals surface area (Å²) in [4.78, 5) is 8.70. The molecule has 1 aromatic carbocycles. The zero-order valence-corrected chi connectivity index (χ0v) is 16.3. The third kappa shape index (κ3) is 3.07. The molecule has 1 aliphatic heterocycles. The van der Waals surface area contributed by atoms with Crippen molar-refractivity contribution in [3.63, 3.8) is 0 Å². The molecule has 1 aliphatic carbocycles. The van der Waals surface area contributed by atoms with Gasteiger partial charge in [0, 0.05) is 24.7 Å². The Bertz CT molecular complexity index is 1250. The van der Waals surface area contributed by atoms with Gasteiger partial charge in [-0.25, -0.2) is 9.37 Å². The van der Waals surface area contributed by atoms with Gasteiger partial charge in [-0.05, 0) is 25.0 Å². The molecular formula is C19H15ClFN9. The van der Waals surface area contributed by atoms with E-state index in [-0.39, 0.29) is 40.9 Å². The smallest absolute Gasteiger partial charge is 0.247 e. The molecule has 0 radical (unpaired) electrons. The molecule has 150 valence electrons. The minimum atomic E-state index is -1.64. The van der Waals surface area contributed by atoms with E-state index in [1.165, 1.54) is 22.8 Å². The summed E-state index contributed by atoms with van der Waals surface area (Å²) < 4.78 is 16.4. The molecule has 1 saturated carbocycles. The van der Waals surface area contributed by atoms with E-state index in [1.807, 2.05) is 12.1 Å². The van der Waals surface area contributed by atoms with Crippen LogP contribution in [0.25, 0.3) is 5.65 Å². The van der Waals surface area contributed by atoms with Crippen molar-refractivity contribution in [2.45, 2.75) is 24.6 Å². The first kappa shape index (κ1) is 18.6. The maximum Gasteiger partial charge on any atom is 0.247 e. The summed E-state index contributed by atoms with van der Waals surface area (Å²) in [5.74, 6) is 0.622. The number of anilines is 3. The molecule has 2 fully saturated rings. The van der Waals surface area contributed by atoms with E-state index in [1.54, 1.807) is 0 Å². The van der Waals surface area contributed by atoms with Gasteiger partial charge in [0.05, 0.1) is 28.5 Å². The molecule has 0 spiro atoms. The molecule has 1 saturated heterocycles. The average Bonchev–Trinajstić information content (AvgIpc) is 3.44.